The average Bonchev–Trinajstić information content (AvgIpc) is 3.34. The number of aliphatic hydroxyl groups is 1. The number of hydrogen-bond acceptors (Lipinski definition) is 13. The molecule has 3 rings (SSSR count). The molecule has 0 saturated carbocycles. The Hall–Kier alpha value is -2.06. The van der Waals surface area contributed by atoms with Gasteiger partial charge in [0.25, 0.3) is 0 Å². The summed E-state index contributed by atoms with van der Waals surface area (Å²) in [5.41, 5.74) is 5.58. The zero-order chi connectivity index (χ0) is 26.7. The number of rotatable bonds is 11. The van der Waals surface area contributed by atoms with Crippen molar-refractivity contribution in [3.05, 3.63) is 17.7 Å². The standard InChI is InChI=1S/C18H30N8O7S3/c1-34(28,29)9-8-25-4-6-26(7-5-25)14-2-3-15(36(32,33)23-11-13(27)10-19)17(35(20,30)31)16(14)18-21-12-22-24-18/h2-3,13,23,27H,4-12,19H2,1H3,(H2,20,30,31)/t13-/m1/s1. The van der Waals surface area contributed by atoms with E-state index in [-0.39, 0.29) is 30.4 Å². The minimum Gasteiger partial charge on any atom is -0.390 e. The van der Waals surface area contributed by atoms with Crippen LogP contribution in [0.1, 0.15) is 5.56 Å². The van der Waals surface area contributed by atoms with Crippen molar-refractivity contribution < 1.29 is 30.4 Å². The van der Waals surface area contributed by atoms with Crippen LogP contribution in [0.25, 0.3) is 0 Å². The highest BCUT2D eigenvalue weighted by molar-refractivity contribution is 7.92. The quantitative estimate of drug-likeness (QED) is 0.216. The summed E-state index contributed by atoms with van der Waals surface area (Å²) in [5.74, 6) is -0.0590. The number of anilines is 1. The summed E-state index contributed by atoms with van der Waals surface area (Å²) in [6.45, 7) is 1.45. The van der Waals surface area contributed by atoms with E-state index in [0.29, 0.717) is 38.4 Å². The molecule has 0 aliphatic carbocycles. The molecular weight excluding hydrogens is 536 g/mol. The predicted octanol–water partition coefficient (Wildman–Crippen LogP) is -2.73. The molecule has 1 saturated heterocycles. The van der Waals surface area contributed by atoms with Crippen molar-refractivity contribution in [2.24, 2.45) is 26.1 Å². The first-order valence-electron chi connectivity index (χ1n) is 10.9. The monoisotopic (exact) mass is 566 g/mol. The molecule has 202 valence electrons. The Kier molecular flexibility index (Phi) is 8.82. The highest BCUT2D eigenvalue weighted by Crippen LogP contribution is 2.34. The van der Waals surface area contributed by atoms with Crippen LogP contribution in [0.15, 0.2) is 37.1 Å². The van der Waals surface area contributed by atoms with E-state index in [9.17, 15) is 30.4 Å². The Morgan fingerprint density at radius 3 is 2.31 bits per heavy atom. The molecule has 0 spiro atoms. The van der Waals surface area contributed by atoms with Crippen molar-refractivity contribution in [2.75, 3.05) is 69.4 Å². The summed E-state index contributed by atoms with van der Waals surface area (Å²) >= 11 is 0. The van der Waals surface area contributed by atoms with E-state index >= 15 is 0 Å². The molecular formula is C18H30N8O7S3. The largest absolute Gasteiger partial charge is 0.390 e. The third kappa shape index (κ3) is 7.03. The van der Waals surface area contributed by atoms with E-state index in [0.717, 1.165) is 6.07 Å². The fourth-order valence-corrected chi connectivity index (χ4v) is 7.02. The van der Waals surface area contributed by atoms with Crippen LogP contribution >= 0.6 is 0 Å². The normalized spacial score (nSPS) is 18.4. The van der Waals surface area contributed by atoms with Gasteiger partial charge in [0.05, 0.1) is 17.4 Å². The number of hydrogen-bond donors (Lipinski definition) is 4. The van der Waals surface area contributed by atoms with E-state index in [2.05, 4.69) is 19.9 Å². The summed E-state index contributed by atoms with van der Waals surface area (Å²) in [5, 5.41) is 22.8. The summed E-state index contributed by atoms with van der Waals surface area (Å²) in [4.78, 5) is 6.60. The molecule has 0 aromatic heterocycles. The molecule has 36 heavy (non-hydrogen) atoms. The lowest BCUT2D eigenvalue weighted by Crippen LogP contribution is -2.48. The number of aliphatic hydroxyl groups excluding tert-OH is 1. The number of aliphatic imine (C=N–C) groups is 1. The maximum absolute atomic E-state index is 13.0. The lowest BCUT2D eigenvalue weighted by molar-refractivity contribution is 0.186. The van der Waals surface area contributed by atoms with Gasteiger partial charge in [0, 0.05) is 57.8 Å². The number of nitrogens with two attached hydrogens (primary N) is 2. The van der Waals surface area contributed by atoms with E-state index in [1.165, 1.54) is 12.3 Å². The molecule has 0 radical (unpaired) electrons. The van der Waals surface area contributed by atoms with E-state index in [1.807, 2.05) is 9.80 Å². The Balaban J connectivity index is 2.04. The first kappa shape index (κ1) is 28.5. The Morgan fingerprint density at radius 1 is 1.11 bits per heavy atom. The number of primary sulfonamides is 1. The number of benzene rings is 1. The molecule has 1 atom stereocenters. The summed E-state index contributed by atoms with van der Waals surface area (Å²) in [6, 6.07) is 2.57. The number of sulfonamides is 2. The lowest BCUT2D eigenvalue weighted by atomic mass is 10.1. The first-order valence-corrected chi connectivity index (χ1v) is 16.0. The minimum atomic E-state index is -4.62. The molecule has 2 heterocycles. The molecule has 1 aromatic carbocycles. The zero-order valence-electron chi connectivity index (χ0n) is 19.6. The van der Waals surface area contributed by atoms with Gasteiger partial charge in [0.15, 0.2) is 12.5 Å². The topological polar surface area (TPSA) is 230 Å². The molecule has 2 aliphatic heterocycles. The Bertz CT molecular complexity index is 1350. The summed E-state index contributed by atoms with van der Waals surface area (Å²) in [6.07, 6.45) is -0.00832. The predicted molar refractivity (Wildman–Crippen MR) is 133 cm³/mol. The van der Waals surface area contributed by atoms with Gasteiger partial charge in [-0.25, -0.2) is 40.1 Å². The second-order valence-electron chi connectivity index (χ2n) is 8.40. The van der Waals surface area contributed by atoms with Crippen molar-refractivity contribution in [3.8, 4) is 0 Å². The van der Waals surface area contributed by atoms with Gasteiger partial charge in [-0.3, -0.25) is 4.90 Å². The van der Waals surface area contributed by atoms with Crippen LogP contribution in [-0.4, -0.2) is 112 Å². The highest BCUT2D eigenvalue weighted by Gasteiger charge is 2.34. The van der Waals surface area contributed by atoms with Crippen molar-refractivity contribution in [3.63, 3.8) is 0 Å². The van der Waals surface area contributed by atoms with E-state index < -0.39 is 52.3 Å². The number of amidine groups is 1. The van der Waals surface area contributed by atoms with Crippen molar-refractivity contribution >= 4 is 41.4 Å². The molecule has 2 aliphatic rings. The third-order valence-corrected chi connectivity index (χ3v) is 9.13. The van der Waals surface area contributed by atoms with Gasteiger partial charge >= 0.3 is 0 Å². The van der Waals surface area contributed by atoms with E-state index in [4.69, 9.17) is 10.9 Å². The fourth-order valence-electron chi connectivity index (χ4n) is 3.76. The molecule has 1 aromatic rings. The SMILES string of the molecule is CS(=O)(=O)CCN1CCN(c2ccc(S(=O)(=O)NC[C@H](O)CN)c(S(N)(=O)=O)c2C2=NCN=N2)CC1. The Labute approximate surface area is 210 Å². The van der Waals surface area contributed by atoms with Crippen LogP contribution in [0.5, 0.6) is 0 Å². The molecule has 6 N–H and O–H groups in total. The van der Waals surface area contributed by atoms with Crippen LogP contribution in [0.4, 0.5) is 5.69 Å². The minimum absolute atomic E-state index is 0.0173. The highest BCUT2D eigenvalue weighted by atomic mass is 32.2. The van der Waals surface area contributed by atoms with Crippen LogP contribution in [0.2, 0.25) is 0 Å². The molecule has 0 amide bonds. The molecule has 0 unspecified atom stereocenters. The maximum atomic E-state index is 13.0. The molecule has 1 fully saturated rings. The second-order valence-corrected chi connectivity index (χ2v) is 13.9. The van der Waals surface area contributed by atoms with Gasteiger partial charge in [0.2, 0.25) is 20.0 Å². The smallest absolute Gasteiger partial charge is 0.242 e. The van der Waals surface area contributed by atoms with Gasteiger partial charge in [-0.05, 0) is 12.1 Å². The van der Waals surface area contributed by atoms with Crippen molar-refractivity contribution in [1.82, 2.24) is 9.62 Å². The van der Waals surface area contributed by atoms with Gasteiger partial charge in [0.1, 0.15) is 19.6 Å². The van der Waals surface area contributed by atoms with Crippen LogP contribution < -0.4 is 20.5 Å². The molecule has 18 heteroatoms. The summed E-state index contributed by atoms with van der Waals surface area (Å²) in [7, 11) is -12.2. The van der Waals surface area contributed by atoms with Crippen molar-refractivity contribution in [1.29, 1.82) is 0 Å². The Morgan fingerprint density at radius 2 is 1.78 bits per heavy atom. The van der Waals surface area contributed by atoms with Gasteiger partial charge in [-0.1, -0.05) is 0 Å². The van der Waals surface area contributed by atoms with Gasteiger partial charge < -0.3 is 15.7 Å². The maximum Gasteiger partial charge on any atom is 0.242 e. The van der Waals surface area contributed by atoms with Crippen LogP contribution in [0.3, 0.4) is 0 Å². The molecule has 15 nitrogen and oxygen atoms in total. The number of piperazine rings is 1. The second kappa shape index (κ2) is 11.1. The first-order chi connectivity index (χ1) is 16.7. The van der Waals surface area contributed by atoms with Crippen LogP contribution in [0, 0.1) is 0 Å². The number of sulfone groups is 1. The number of azo groups is 1. The summed E-state index contributed by atoms with van der Waals surface area (Å²) < 4.78 is 76.7. The fraction of sp³-hybridized carbons (Fsp3) is 0.611. The average molecular weight is 567 g/mol. The van der Waals surface area contributed by atoms with Gasteiger partial charge in [-0.2, -0.15) is 5.11 Å². The third-order valence-electron chi connectivity index (χ3n) is 5.62. The zero-order valence-corrected chi connectivity index (χ0v) is 22.1. The van der Waals surface area contributed by atoms with Crippen LogP contribution in [-0.2, 0) is 29.9 Å². The van der Waals surface area contributed by atoms with Crippen molar-refractivity contribution in [2.45, 2.75) is 15.9 Å². The number of nitrogens with zero attached hydrogens (tertiary/aromatic N) is 5. The number of nitrogens with one attached hydrogen (secondary N) is 1. The van der Waals surface area contributed by atoms with Gasteiger partial charge in [-0.15, -0.1) is 5.11 Å². The molecule has 0 bridgehead atoms. The van der Waals surface area contributed by atoms with E-state index in [1.54, 1.807) is 0 Å². The lowest BCUT2D eigenvalue weighted by Gasteiger charge is -2.37.